The van der Waals surface area contributed by atoms with Crippen LogP contribution in [0.15, 0.2) is 41.2 Å². The number of nitrogens with one attached hydrogen (secondary N) is 1. The smallest absolute Gasteiger partial charge is 0.267 e. The number of rotatable bonds is 5. The number of hydrogen-bond acceptors (Lipinski definition) is 10. The van der Waals surface area contributed by atoms with Crippen LogP contribution in [-0.4, -0.2) is 26.1 Å². The van der Waals surface area contributed by atoms with E-state index in [1.54, 1.807) is 18.2 Å². The third-order valence-corrected chi connectivity index (χ3v) is 5.37. The highest BCUT2D eigenvalue weighted by molar-refractivity contribution is 6.35. The van der Waals surface area contributed by atoms with E-state index in [9.17, 15) is 20.6 Å². The second kappa shape index (κ2) is 9.36. The molecule has 4 aromatic rings. The molecular formula is C23H15ClN10O. The van der Waals surface area contributed by atoms with Gasteiger partial charge in [-0.05, 0) is 30.3 Å². The molecule has 4 rings (SSSR count). The van der Waals surface area contributed by atoms with Crippen LogP contribution in [0, 0.1) is 34.0 Å². The van der Waals surface area contributed by atoms with E-state index < -0.39 is 5.56 Å². The van der Waals surface area contributed by atoms with Crippen LogP contribution in [0.5, 0.6) is 0 Å². The van der Waals surface area contributed by atoms with Crippen molar-refractivity contribution < 1.29 is 0 Å². The molecule has 0 aliphatic carbocycles. The van der Waals surface area contributed by atoms with E-state index in [2.05, 4.69) is 20.3 Å². The standard InChI is InChI=1S/C23H15ClN10O/c24-16-2-1-3-17-19(16)22(35)34(14-7-12(9-25)6-13(8-14)10-26)18(31-17)4-5-30-21-15(11-27)20(28)32-23(29)33-21/h1-3,6-8H,4-5H2,(H5,28,29,30,32,33). The van der Waals surface area contributed by atoms with E-state index in [1.165, 1.54) is 22.8 Å². The Bertz CT molecular complexity index is 1640. The average Bonchev–Trinajstić information content (AvgIpc) is 2.83. The molecule has 11 nitrogen and oxygen atoms in total. The van der Waals surface area contributed by atoms with Crippen LogP contribution in [-0.2, 0) is 6.42 Å². The first kappa shape index (κ1) is 23.0. The molecule has 5 N–H and O–H groups in total. The molecule has 0 fully saturated rings. The van der Waals surface area contributed by atoms with Gasteiger partial charge < -0.3 is 16.8 Å². The van der Waals surface area contributed by atoms with E-state index in [-0.39, 0.29) is 57.6 Å². The number of nitriles is 3. The largest absolute Gasteiger partial charge is 0.382 e. The van der Waals surface area contributed by atoms with Crippen molar-refractivity contribution in [3.05, 3.63) is 74.3 Å². The lowest BCUT2D eigenvalue weighted by atomic mass is 10.1. The van der Waals surface area contributed by atoms with Gasteiger partial charge in [0.15, 0.2) is 5.82 Å². The molecule has 2 heterocycles. The zero-order chi connectivity index (χ0) is 25.1. The topological polar surface area (TPSA) is 196 Å². The number of fused-ring (bicyclic) bond motifs is 1. The summed E-state index contributed by atoms with van der Waals surface area (Å²) >= 11 is 6.30. The maximum absolute atomic E-state index is 13.5. The molecule has 2 aromatic carbocycles. The first-order valence-corrected chi connectivity index (χ1v) is 10.5. The van der Waals surface area contributed by atoms with Crippen LogP contribution in [0.4, 0.5) is 17.6 Å². The summed E-state index contributed by atoms with van der Waals surface area (Å²) in [4.78, 5) is 26.0. The van der Waals surface area contributed by atoms with Gasteiger partial charge in [-0.25, -0.2) is 4.98 Å². The van der Waals surface area contributed by atoms with Gasteiger partial charge >= 0.3 is 0 Å². The molecule has 0 saturated carbocycles. The molecule has 35 heavy (non-hydrogen) atoms. The number of hydrogen-bond donors (Lipinski definition) is 3. The fourth-order valence-electron chi connectivity index (χ4n) is 3.57. The van der Waals surface area contributed by atoms with Crippen LogP contribution in [0.3, 0.4) is 0 Å². The van der Waals surface area contributed by atoms with Gasteiger partial charge in [0, 0.05) is 13.0 Å². The molecule has 0 radical (unpaired) electrons. The van der Waals surface area contributed by atoms with Crippen molar-refractivity contribution in [1.82, 2.24) is 19.5 Å². The third kappa shape index (κ3) is 4.38. The van der Waals surface area contributed by atoms with E-state index in [0.717, 1.165) is 0 Å². The van der Waals surface area contributed by atoms with Crippen molar-refractivity contribution in [3.63, 3.8) is 0 Å². The van der Waals surface area contributed by atoms with Crippen LogP contribution in [0.1, 0.15) is 22.5 Å². The average molecular weight is 483 g/mol. The summed E-state index contributed by atoms with van der Waals surface area (Å²) in [7, 11) is 0. The fraction of sp³-hybridized carbons (Fsp3) is 0.0870. The van der Waals surface area contributed by atoms with Crippen molar-refractivity contribution >= 4 is 40.1 Å². The molecule has 0 amide bonds. The van der Waals surface area contributed by atoms with Gasteiger partial charge in [0.05, 0.1) is 44.9 Å². The van der Waals surface area contributed by atoms with Crippen molar-refractivity contribution in [3.8, 4) is 23.9 Å². The monoisotopic (exact) mass is 482 g/mol. The van der Waals surface area contributed by atoms with Gasteiger partial charge in [-0.2, -0.15) is 25.8 Å². The van der Waals surface area contributed by atoms with Gasteiger partial charge in [-0.15, -0.1) is 0 Å². The Morgan fingerprint density at radius 3 is 2.37 bits per heavy atom. The molecule has 0 spiro atoms. The summed E-state index contributed by atoms with van der Waals surface area (Å²) in [6, 6.07) is 15.2. The number of nitrogen functional groups attached to an aromatic ring is 2. The SMILES string of the molecule is N#Cc1cc(C#N)cc(-n2c(CCNc3nc(N)nc(N)c3C#N)nc3cccc(Cl)c3c2=O)c1. The highest BCUT2D eigenvalue weighted by Gasteiger charge is 2.17. The minimum atomic E-state index is -0.456. The molecular weight excluding hydrogens is 468 g/mol. The Morgan fingerprint density at radius 2 is 1.71 bits per heavy atom. The van der Waals surface area contributed by atoms with E-state index >= 15 is 0 Å². The molecule has 2 aromatic heterocycles. The molecule has 170 valence electrons. The summed E-state index contributed by atoms with van der Waals surface area (Å²) in [5, 5.41) is 31.6. The van der Waals surface area contributed by atoms with Crippen LogP contribution >= 0.6 is 11.6 Å². The summed E-state index contributed by atoms with van der Waals surface area (Å²) in [5.41, 5.74) is 12.1. The molecule has 0 aliphatic heterocycles. The first-order chi connectivity index (χ1) is 16.9. The maximum atomic E-state index is 13.5. The Morgan fingerprint density at radius 1 is 1.00 bits per heavy atom. The molecule has 12 heteroatoms. The van der Waals surface area contributed by atoms with Crippen LogP contribution in [0.2, 0.25) is 5.02 Å². The summed E-state index contributed by atoms with van der Waals surface area (Å²) < 4.78 is 1.31. The Balaban J connectivity index is 1.83. The van der Waals surface area contributed by atoms with Crippen molar-refractivity contribution in [2.75, 3.05) is 23.3 Å². The Kier molecular flexibility index (Phi) is 6.15. The normalized spacial score (nSPS) is 10.3. The maximum Gasteiger partial charge on any atom is 0.267 e. The summed E-state index contributed by atoms with van der Waals surface area (Å²) in [6.45, 7) is 0.187. The molecule has 0 unspecified atom stereocenters. The van der Waals surface area contributed by atoms with Gasteiger partial charge in [-0.1, -0.05) is 17.7 Å². The molecule has 0 aliphatic rings. The summed E-state index contributed by atoms with van der Waals surface area (Å²) in [6.07, 6.45) is 0.186. The van der Waals surface area contributed by atoms with Crippen LogP contribution in [0.25, 0.3) is 16.6 Å². The van der Waals surface area contributed by atoms with Gasteiger partial charge in [0.1, 0.15) is 23.3 Å². The molecule has 0 saturated heterocycles. The Hall–Kier alpha value is -5.18. The Labute approximate surface area is 203 Å². The van der Waals surface area contributed by atoms with Gasteiger partial charge in [-0.3, -0.25) is 9.36 Å². The zero-order valence-corrected chi connectivity index (χ0v) is 18.7. The minimum absolute atomic E-state index is 0.0372. The number of halogens is 1. The second-order valence-electron chi connectivity index (χ2n) is 7.27. The number of anilines is 3. The van der Waals surface area contributed by atoms with Gasteiger partial charge in [0.2, 0.25) is 5.95 Å². The third-order valence-electron chi connectivity index (χ3n) is 5.06. The lowest BCUT2D eigenvalue weighted by Crippen LogP contribution is -2.26. The summed E-state index contributed by atoms with van der Waals surface area (Å²) in [5.74, 6) is 0.310. The fourth-order valence-corrected chi connectivity index (χ4v) is 3.82. The quantitative estimate of drug-likeness (QED) is 0.379. The highest BCUT2D eigenvalue weighted by atomic mass is 35.5. The number of nitrogens with two attached hydrogens (primary N) is 2. The van der Waals surface area contributed by atoms with E-state index in [4.69, 9.17) is 23.1 Å². The van der Waals surface area contributed by atoms with Crippen molar-refractivity contribution in [2.24, 2.45) is 0 Å². The van der Waals surface area contributed by atoms with Gasteiger partial charge in [0.25, 0.3) is 5.56 Å². The van der Waals surface area contributed by atoms with E-state index in [0.29, 0.717) is 17.0 Å². The lowest BCUT2D eigenvalue weighted by Gasteiger charge is -2.15. The number of aromatic nitrogens is 4. The highest BCUT2D eigenvalue weighted by Crippen LogP contribution is 2.22. The van der Waals surface area contributed by atoms with Crippen molar-refractivity contribution in [1.29, 1.82) is 15.8 Å². The van der Waals surface area contributed by atoms with Crippen molar-refractivity contribution in [2.45, 2.75) is 6.42 Å². The predicted molar refractivity (Wildman–Crippen MR) is 130 cm³/mol. The van der Waals surface area contributed by atoms with Crippen LogP contribution < -0.4 is 22.3 Å². The first-order valence-electron chi connectivity index (χ1n) is 10.1. The predicted octanol–water partition coefficient (Wildman–Crippen LogP) is 2.26. The van der Waals surface area contributed by atoms with E-state index in [1.807, 2.05) is 18.2 Å². The number of benzene rings is 2. The zero-order valence-electron chi connectivity index (χ0n) is 17.9. The molecule has 0 atom stereocenters. The molecule has 0 bridgehead atoms. The second-order valence-corrected chi connectivity index (χ2v) is 7.68. The lowest BCUT2D eigenvalue weighted by molar-refractivity contribution is 0.808. The minimum Gasteiger partial charge on any atom is -0.382 e. The number of nitrogens with zero attached hydrogens (tertiary/aromatic N) is 7.